The summed E-state index contributed by atoms with van der Waals surface area (Å²) in [4.78, 5) is 14.1. The summed E-state index contributed by atoms with van der Waals surface area (Å²) < 4.78 is 0. The first kappa shape index (κ1) is 14.9. The number of nitrogens with zero attached hydrogens (tertiary/aromatic N) is 1. The normalized spacial score (nSPS) is 16.5. The van der Waals surface area contributed by atoms with Crippen LogP contribution < -0.4 is 0 Å². The predicted octanol–water partition coefficient (Wildman–Crippen LogP) is 4.14. The van der Waals surface area contributed by atoms with Crippen LogP contribution in [0.5, 0.6) is 0 Å². The van der Waals surface area contributed by atoms with Gasteiger partial charge in [-0.15, -0.1) is 0 Å². The summed E-state index contributed by atoms with van der Waals surface area (Å²) in [6.45, 7) is 0.976. The van der Waals surface area contributed by atoms with Gasteiger partial charge in [0.1, 0.15) is 6.29 Å². The van der Waals surface area contributed by atoms with E-state index in [-0.39, 0.29) is 0 Å². The molecule has 0 N–H and O–H groups in total. The third kappa shape index (κ3) is 5.19. The van der Waals surface area contributed by atoms with Crippen molar-refractivity contribution in [2.75, 3.05) is 6.54 Å². The zero-order valence-corrected chi connectivity index (χ0v) is 11.9. The van der Waals surface area contributed by atoms with E-state index < -0.39 is 0 Å². The van der Waals surface area contributed by atoms with Crippen molar-refractivity contribution in [2.45, 2.75) is 12.3 Å². The van der Waals surface area contributed by atoms with Crippen LogP contribution in [0, 0.1) is 0 Å². The molecule has 0 amide bonds. The van der Waals surface area contributed by atoms with Crippen molar-refractivity contribution in [3.63, 3.8) is 0 Å². The minimum absolute atomic E-state index is 0.649. The molecule has 1 aliphatic rings. The molecule has 0 aromatic heterocycles. The minimum atomic E-state index is 0.649. The Morgan fingerprint density at radius 2 is 1.62 bits per heavy atom. The molecular formula is C19H19NO. The van der Waals surface area contributed by atoms with E-state index in [0.29, 0.717) is 5.92 Å². The van der Waals surface area contributed by atoms with Gasteiger partial charge in [-0.05, 0) is 29.8 Å². The van der Waals surface area contributed by atoms with Crippen molar-refractivity contribution in [2.24, 2.45) is 4.99 Å². The van der Waals surface area contributed by atoms with Crippen LogP contribution in [0.1, 0.15) is 23.5 Å². The Balaban J connectivity index is 0.000000155. The Bertz CT molecular complexity index is 579. The molecule has 0 saturated heterocycles. The molecule has 2 heteroatoms. The molecular weight excluding hydrogens is 258 g/mol. The molecule has 1 heterocycles. The highest BCUT2D eigenvalue weighted by Gasteiger charge is 2.12. The van der Waals surface area contributed by atoms with Crippen LogP contribution in [0.3, 0.4) is 0 Å². The molecule has 106 valence electrons. The maximum absolute atomic E-state index is 9.89. The number of rotatable bonds is 3. The van der Waals surface area contributed by atoms with Gasteiger partial charge in [-0.25, -0.2) is 0 Å². The lowest BCUT2D eigenvalue weighted by atomic mass is 9.98. The zero-order valence-electron chi connectivity index (χ0n) is 11.9. The summed E-state index contributed by atoms with van der Waals surface area (Å²) in [5.41, 5.74) is 2.47. The Hall–Kier alpha value is -2.48. The molecule has 0 bridgehead atoms. The van der Waals surface area contributed by atoms with Crippen molar-refractivity contribution in [3.05, 3.63) is 77.9 Å². The van der Waals surface area contributed by atoms with Gasteiger partial charge in [0, 0.05) is 12.5 Å². The summed E-state index contributed by atoms with van der Waals surface area (Å²) in [5.74, 6) is 0.649. The van der Waals surface area contributed by atoms with E-state index >= 15 is 0 Å². The molecule has 2 aromatic carbocycles. The fourth-order valence-corrected chi connectivity index (χ4v) is 2.16. The Morgan fingerprint density at radius 3 is 2.19 bits per heavy atom. The first-order valence-electron chi connectivity index (χ1n) is 7.10. The molecule has 2 nitrogen and oxygen atoms in total. The SMILES string of the molecule is C1=NCC(c2ccccc2)C1.O=C/C=C\c1ccccc1. The highest BCUT2D eigenvalue weighted by molar-refractivity contribution is 5.73. The number of carbonyl (C=O) groups excluding carboxylic acids is 1. The van der Waals surface area contributed by atoms with Crippen molar-refractivity contribution < 1.29 is 4.79 Å². The lowest BCUT2D eigenvalue weighted by molar-refractivity contribution is -0.104. The van der Waals surface area contributed by atoms with Crippen LogP contribution in [0.15, 0.2) is 71.7 Å². The van der Waals surface area contributed by atoms with Crippen LogP contribution in [0.25, 0.3) is 6.08 Å². The van der Waals surface area contributed by atoms with Gasteiger partial charge in [-0.1, -0.05) is 66.7 Å². The summed E-state index contributed by atoms with van der Waals surface area (Å²) in [6.07, 6.45) is 7.16. The second kappa shape index (κ2) is 8.64. The summed E-state index contributed by atoms with van der Waals surface area (Å²) in [6, 6.07) is 20.3. The Morgan fingerprint density at radius 1 is 0.952 bits per heavy atom. The maximum atomic E-state index is 9.89. The van der Waals surface area contributed by atoms with Crippen LogP contribution in [0.4, 0.5) is 0 Å². The quantitative estimate of drug-likeness (QED) is 0.612. The second-order valence-electron chi connectivity index (χ2n) is 4.80. The van der Waals surface area contributed by atoms with E-state index in [2.05, 4.69) is 35.3 Å². The lowest BCUT2D eigenvalue weighted by Crippen LogP contribution is -1.96. The van der Waals surface area contributed by atoms with Gasteiger partial charge in [0.25, 0.3) is 0 Å². The van der Waals surface area contributed by atoms with Gasteiger partial charge in [0.15, 0.2) is 0 Å². The topological polar surface area (TPSA) is 29.4 Å². The predicted molar refractivity (Wildman–Crippen MR) is 88.7 cm³/mol. The van der Waals surface area contributed by atoms with E-state index in [9.17, 15) is 4.79 Å². The standard InChI is InChI=1S/C10H11N.C9H8O/c1-2-4-9(5-3-1)10-6-7-11-8-10;10-8-4-7-9-5-2-1-3-6-9/h1-5,7,10H,6,8H2;1-8H/b;7-4-. The van der Waals surface area contributed by atoms with Crippen LogP contribution in [0.2, 0.25) is 0 Å². The van der Waals surface area contributed by atoms with Gasteiger partial charge in [0.2, 0.25) is 0 Å². The van der Waals surface area contributed by atoms with Crippen LogP contribution in [-0.2, 0) is 4.79 Å². The second-order valence-corrected chi connectivity index (χ2v) is 4.80. The van der Waals surface area contributed by atoms with Crippen LogP contribution >= 0.6 is 0 Å². The molecule has 1 atom stereocenters. The highest BCUT2D eigenvalue weighted by Crippen LogP contribution is 2.21. The molecule has 0 radical (unpaired) electrons. The van der Waals surface area contributed by atoms with Crippen LogP contribution in [-0.4, -0.2) is 19.0 Å². The van der Waals surface area contributed by atoms with E-state index in [0.717, 1.165) is 24.8 Å². The van der Waals surface area contributed by atoms with Gasteiger partial charge < -0.3 is 0 Å². The van der Waals surface area contributed by atoms with Crippen molar-refractivity contribution >= 4 is 18.6 Å². The fraction of sp³-hybridized carbons (Fsp3) is 0.158. The third-order valence-electron chi connectivity index (χ3n) is 3.28. The van der Waals surface area contributed by atoms with Gasteiger partial charge in [0.05, 0.1) is 0 Å². The van der Waals surface area contributed by atoms with Gasteiger partial charge in [-0.3, -0.25) is 9.79 Å². The van der Waals surface area contributed by atoms with Crippen molar-refractivity contribution in [3.8, 4) is 0 Å². The molecule has 3 rings (SSSR count). The van der Waals surface area contributed by atoms with Gasteiger partial charge >= 0.3 is 0 Å². The number of aldehydes is 1. The van der Waals surface area contributed by atoms with E-state index in [1.165, 1.54) is 11.6 Å². The monoisotopic (exact) mass is 277 g/mol. The molecule has 0 saturated carbocycles. The van der Waals surface area contributed by atoms with E-state index in [4.69, 9.17) is 0 Å². The fourth-order valence-electron chi connectivity index (χ4n) is 2.16. The number of allylic oxidation sites excluding steroid dienone is 1. The van der Waals surface area contributed by atoms with E-state index in [1.807, 2.05) is 36.5 Å². The lowest BCUT2D eigenvalue weighted by Gasteiger charge is -2.06. The molecule has 2 aromatic rings. The Kier molecular flexibility index (Phi) is 6.14. The molecule has 0 aliphatic carbocycles. The molecule has 1 unspecified atom stereocenters. The number of hydrogen-bond acceptors (Lipinski definition) is 2. The highest BCUT2D eigenvalue weighted by atomic mass is 16.1. The molecule has 1 aliphatic heterocycles. The first-order chi connectivity index (χ1) is 10.4. The molecule has 0 spiro atoms. The van der Waals surface area contributed by atoms with Gasteiger partial charge in [-0.2, -0.15) is 0 Å². The summed E-state index contributed by atoms with van der Waals surface area (Å²) in [7, 11) is 0. The maximum Gasteiger partial charge on any atom is 0.142 e. The third-order valence-corrected chi connectivity index (χ3v) is 3.28. The number of aliphatic imine (C=N–C) groups is 1. The van der Waals surface area contributed by atoms with Crippen molar-refractivity contribution in [1.29, 1.82) is 0 Å². The average Bonchev–Trinajstić information content (AvgIpc) is 3.10. The largest absolute Gasteiger partial charge is 0.299 e. The average molecular weight is 277 g/mol. The summed E-state index contributed by atoms with van der Waals surface area (Å²) >= 11 is 0. The zero-order chi connectivity index (χ0) is 14.8. The van der Waals surface area contributed by atoms with E-state index in [1.54, 1.807) is 6.08 Å². The Labute approximate surface area is 125 Å². The summed E-state index contributed by atoms with van der Waals surface area (Å²) in [5, 5.41) is 0. The molecule has 0 fully saturated rings. The smallest absolute Gasteiger partial charge is 0.142 e. The molecule has 21 heavy (non-hydrogen) atoms. The number of benzene rings is 2. The number of carbonyl (C=O) groups is 1. The number of hydrogen-bond donors (Lipinski definition) is 0. The van der Waals surface area contributed by atoms with Crippen molar-refractivity contribution in [1.82, 2.24) is 0 Å². The minimum Gasteiger partial charge on any atom is -0.299 e. The first-order valence-corrected chi connectivity index (χ1v) is 7.10.